The number of hydrogen-bond acceptors (Lipinski definition) is 5. The van der Waals surface area contributed by atoms with Gasteiger partial charge >= 0.3 is 0 Å². The summed E-state index contributed by atoms with van der Waals surface area (Å²) >= 11 is 1.82. The van der Waals surface area contributed by atoms with Crippen molar-refractivity contribution in [2.24, 2.45) is 5.92 Å². The lowest BCUT2D eigenvalue weighted by atomic mass is 10.0. The van der Waals surface area contributed by atoms with Crippen molar-refractivity contribution in [3.63, 3.8) is 0 Å². The van der Waals surface area contributed by atoms with E-state index in [1.807, 2.05) is 24.3 Å². The molecule has 31 heavy (non-hydrogen) atoms. The van der Waals surface area contributed by atoms with E-state index in [1.165, 1.54) is 48.8 Å². The molecule has 1 saturated heterocycles. The zero-order chi connectivity index (χ0) is 22.1. The Labute approximate surface area is 193 Å². The number of anilines is 2. The number of aromatic nitrogens is 1. The highest BCUT2D eigenvalue weighted by Gasteiger charge is 2.21. The Hall–Kier alpha value is -1.98. The molecule has 2 heterocycles. The predicted molar refractivity (Wildman–Crippen MR) is 137 cm³/mol. The van der Waals surface area contributed by atoms with Crippen molar-refractivity contribution in [2.75, 3.05) is 29.7 Å². The van der Waals surface area contributed by atoms with Gasteiger partial charge in [0.05, 0.1) is 5.69 Å². The van der Waals surface area contributed by atoms with E-state index in [-0.39, 0.29) is 0 Å². The molecule has 1 fully saturated rings. The molecular formula is C26H38N4S. The molecular weight excluding hydrogens is 400 g/mol. The van der Waals surface area contributed by atoms with Crippen LogP contribution in [0.5, 0.6) is 0 Å². The first-order valence-corrected chi connectivity index (χ1v) is 12.5. The molecule has 5 heteroatoms. The number of allylic oxidation sites excluding steroid dienone is 8. The Balaban J connectivity index is 1.32. The van der Waals surface area contributed by atoms with Gasteiger partial charge < -0.3 is 10.0 Å². The van der Waals surface area contributed by atoms with Gasteiger partial charge in [-0.2, -0.15) is 0 Å². The monoisotopic (exact) mass is 438 g/mol. The maximum absolute atomic E-state index is 5.81. The highest BCUT2D eigenvalue weighted by atomic mass is 32.2. The number of nitrogen functional groups attached to an aromatic ring is 1. The van der Waals surface area contributed by atoms with E-state index in [9.17, 15) is 0 Å². The molecule has 1 aliphatic heterocycles. The molecule has 0 aromatic carbocycles. The van der Waals surface area contributed by atoms with Crippen LogP contribution >= 0.6 is 12.1 Å². The SMILES string of the molecule is CC/C(C)=C\C1=CC(C)C=C(CCCCCCN2CCN(c3ccnc(N)c3)S2)C=C1. The van der Waals surface area contributed by atoms with Crippen LogP contribution in [0.15, 0.2) is 65.4 Å². The van der Waals surface area contributed by atoms with Crippen LogP contribution in [-0.4, -0.2) is 28.9 Å². The van der Waals surface area contributed by atoms with Crippen LogP contribution < -0.4 is 10.0 Å². The molecule has 0 spiro atoms. The van der Waals surface area contributed by atoms with Crippen LogP contribution in [0, 0.1) is 5.92 Å². The normalized spacial score (nSPS) is 20.0. The Morgan fingerprint density at radius 1 is 1.19 bits per heavy atom. The lowest BCUT2D eigenvalue weighted by molar-refractivity contribution is 0.473. The van der Waals surface area contributed by atoms with Gasteiger partial charge in [-0.15, -0.1) is 0 Å². The molecule has 1 aliphatic carbocycles. The topological polar surface area (TPSA) is 45.4 Å². The summed E-state index contributed by atoms with van der Waals surface area (Å²) in [5, 5.41) is 0. The quantitative estimate of drug-likeness (QED) is 0.325. The highest BCUT2D eigenvalue weighted by molar-refractivity contribution is 7.98. The summed E-state index contributed by atoms with van der Waals surface area (Å²) in [6.45, 7) is 10.0. The highest BCUT2D eigenvalue weighted by Crippen LogP contribution is 2.31. The molecule has 0 saturated carbocycles. The van der Waals surface area contributed by atoms with Crippen LogP contribution in [-0.2, 0) is 0 Å². The van der Waals surface area contributed by atoms with Crippen molar-refractivity contribution in [3.8, 4) is 0 Å². The van der Waals surface area contributed by atoms with E-state index >= 15 is 0 Å². The Bertz CT molecular complexity index is 840. The Morgan fingerprint density at radius 2 is 2.03 bits per heavy atom. The number of pyridine rings is 1. The van der Waals surface area contributed by atoms with Crippen LogP contribution in [0.2, 0.25) is 0 Å². The summed E-state index contributed by atoms with van der Waals surface area (Å²) in [5.74, 6) is 1.09. The summed E-state index contributed by atoms with van der Waals surface area (Å²) in [6, 6.07) is 3.98. The fourth-order valence-electron chi connectivity index (χ4n) is 3.97. The molecule has 0 radical (unpaired) electrons. The van der Waals surface area contributed by atoms with Gasteiger partial charge in [-0.25, -0.2) is 9.29 Å². The van der Waals surface area contributed by atoms with Gasteiger partial charge in [0.25, 0.3) is 0 Å². The number of hydrogen-bond donors (Lipinski definition) is 1. The van der Waals surface area contributed by atoms with Gasteiger partial charge in [0.15, 0.2) is 0 Å². The second-order valence-corrected chi connectivity index (χ2v) is 9.78. The van der Waals surface area contributed by atoms with Crippen molar-refractivity contribution in [1.29, 1.82) is 0 Å². The van der Waals surface area contributed by atoms with E-state index in [2.05, 4.69) is 64.7 Å². The van der Waals surface area contributed by atoms with Crippen molar-refractivity contribution in [2.45, 2.75) is 59.3 Å². The third-order valence-corrected chi connectivity index (χ3v) is 7.02. The van der Waals surface area contributed by atoms with E-state index in [4.69, 9.17) is 5.73 Å². The Morgan fingerprint density at radius 3 is 2.84 bits per heavy atom. The smallest absolute Gasteiger partial charge is 0.125 e. The fourth-order valence-corrected chi connectivity index (χ4v) is 4.99. The van der Waals surface area contributed by atoms with Gasteiger partial charge in [0, 0.05) is 44.0 Å². The largest absolute Gasteiger partial charge is 0.384 e. The lowest BCUT2D eigenvalue weighted by Gasteiger charge is -2.17. The van der Waals surface area contributed by atoms with Gasteiger partial charge in [0.1, 0.15) is 5.82 Å². The van der Waals surface area contributed by atoms with Crippen LogP contribution in [0.1, 0.15) is 59.3 Å². The lowest BCUT2D eigenvalue weighted by Crippen LogP contribution is -2.13. The van der Waals surface area contributed by atoms with E-state index in [1.54, 1.807) is 6.20 Å². The first-order chi connectivity index (χ1) is 15.0. The molecule has 2 aliphatic rings. The Kier molecular flexibility index (Phi) is 9.29. The third kappa shape index (κ3) is 7.89. The first kappa shape index (κ1) is 23.7. The first-order valence-electron chi connectivity index (χ1n) is 11.7. The molecule has 1 aromatic heterocycles. The molecule has 0 bridgehead atoms. The number of rotatable bonds is 10. The van der Waals surface area contributed by atoms with Crippen molar-refractivity contribution < 1.29 is 0 Å². The number of nitrogens with zero attached hydrogens (tertiary/aromatic N) is 3. The van der Waals surface area contributed by atoms with Crippen molar-refractivity contribution in [1.82, 2.24) is 9.29 Å². The van der Waals surface area contributed by atoms with Gasteiger partial charge in [-0.1, -0.05) is 68.2 Å². The van der Waals surface area contributed by atoms with E-state index in [0.29, 0.717) is 11.7 Å². The second kappa shape index (κ2) is 12.2. The van der Waals surface area contributed by atoms with Gasteiger partial charge in [0.2, 0.25) is 0 Å². The molecule has 1 atom stereocenters. The molecule has 2 N–H and O–H groups in total. The summed E-state index contributed by atoms with van der Waals surface area (Å²) in [6.07, 6.45) is 21.0. The summed E-state index contributed by atoms with van der Waals surface area (Å²) in [5.41, 5.74) is 11.2. The van der Waals surface area contributed by atoms with Crippen molar-refractivity contribution >= 4 is 23.6 Å². The standard InChI is InChI=1S/C26H38N4S/c1-4-21(2)17-24-11-10-23(18-22(3)19-24)9-7-5-6-8-14-29-15-16-30(31-29)25-12-13-28-26(27)20-25/h10-13,17-20,22H,4-9,14-16H2,1-3H3,(H2,27,28)/b21-17-. The fraction of sp³-hybridized carbons (Fsp3) is 0.500. The summed E-state index contributed by atoms with van der Waals surface area (Å²) < 4.78 is 4.78. The van der Waals surface area contributed by atoms with Gasteiger partial charge in [-0.05, 0) is 50.2 Å². The predicted octanol–water partition coefficient (Wildman–Crippen LogP) is 6.71. The summed E-state index contributed by atoms with van der Waals surface area (Å²) in [7, 11) is 0. The second-order valence-electron chi connectivity index (χ2n) is 8.66. The zero-order valence-corrected chi connectivity index (χ0v) is 20.2. The summed E-state index contributed by atoms with van der Waals surface area (Å²) in [4.78, 5) is 4.08. The molecule has 168 valence electrons. The minimum atomic E-state index is 0.506. The number of nitrogens with two attached hydrogens (primary N) is 1. The maximum atomic E-state index is 5.81. The average Bonchev–Trinajstić information content (AvgIpc) is 3.15. The van der Waals surface area contributed by atoms with Crippen molar-refractivity contribution in [3.05, 3.63) is 65.4 Å². The van der Waals surface area contributed by atoms with E-state index < -0.39 is 0 Å². The van der Waals surface area contributed by atoms with Crippen LogP contribution in [0.25, 0.3) is 0 Å². The van der Waals surface area contributed by atoms with Gasteiger partial charge in [-0.3, -0.25) is 0 Å². The molecule has 0 amide bonds. The van der Waals surface area contributed by atoms with Crippen LogP contribution in [0.3, 0.4) is 0 Å². The molecule has 1 unspecified atom stereocenters. The maximum Gasteiger partial charge on any atom is 0.125 e. The van der Waals surface area contributed by atoms with Crippen LogP contribution in [0.4, 0.5) is 11.5 Å². The third-order valence-electron chi connectivity index (χ3n) is 5.84. The zero-order valence-electron chi connectivity index (χ0n) is 19.4. The molecule has 1 aromatic rings. The average molecular weight is 439 g/mol. The molecule has 4 nitrogen and oxygen atoms in total. The molecule has 3 rings (SSSR count). The number of unbranched alkanes of at least 4 members (excludes halogenated alkanes) is 3. The minimum Gasteiger partial charge on any atom is -0.384 e. The van der Waals surface area contributed by atoms with E-state index in [0.717, 1.165) is 31.7 Å². The minimum absolute atomic E-state index is 0.506.